The van der Waals surface area contributed by atoms with Crippen LogP contribution in [0, 0.1) is 35.5 Å². The van der Waals surface area contributed by atoms with E-state index in [9.17, 15) is 20.1 Å². The molecule has 1 spiro atoms. The van der Waals surface area contributed by atoms with Crippen LogP contribution in [-0.4, -0.2) is 82.3 Å². The van der Waals surface area contributed by atoms with Gasteiger partial charge in [0, 0.05) is 69.5 Å². The fourth-order valence-corrected chi connectivity index (χ4v) is 10.8. The Balaban J connectivity index is 0.993. The van der Waals surface area contributed by atoms with E-state index in [1.54, 1.807) is 24.5 Å². The summed E-state index contributed by atoms with van der Waals surface area (Å²) in [7, 11) is 0. The summed E-state index contributed by atoms with van der Waals surface area (Å²) < 4.78 is 26.1. The highest BCUT2D eigenvalue weighted by molar-refractivity contribution is 5.81. The summed E-state index contributed by atoms with van der Waals surface area (Å²) in [6, 6.07) is 12.6. The molecule has 2 saturated carbocycles. The van der Waals surface area contributed by atoms with Crippen molar-refractivity contribution in [2.24, 2.45) is 34.4 Å². The highest BCUT2D eigenvalue weighted by atomic mass is 16.6. The normalized spacial score (nSPS) is 29.4. The molecule has 9 unspecified atom stereocenters. The van der Waals surface area contributed by atoms with Crippen LogP contribution in [0.15, 0.2) is 83.4 Å². The van der Waals surface area contributed by atoms with Gasteiger partial charge in [-0.05, 0) is 116 Å². The number of nitrogens with zero attached hydrogens (tertiary/aromatic N) is 2. The first kappa shape index (κ1) is 43.2. The van der Waals surface area contributed by atoms with Gasteiger partial charge in [0.2, 0.25) is 5.75 Å². The summed E-state index contributed by atoms with van der Waals surface area (Å²) in [5.74, 6) is 8.28. The maximum Gasteiger partial charge on any atom is 0.302 e. The third-order valence-corrected chi connectivity index (χ3v) is 14.0. The van der Waals surface area contributed by atoms with Crippen molar-refractivity contribution in [3.8, 4) is 40.6 Å². The molecule has 5 heterocycles. The highest BCUT2D eigenvalue weighted by Gasteiger charge is 2.51. The fraction of sp³-hybridized carbons (Fsp3) is 0.500. The average molecular weight is 873 g/mol. The molecule has 9 rings (SSSR count). The molecule has 2 bridgehead atoms. The van der Waals surface area contributed by atoms with Gasteiger partial charge in [0.15, 0.2) is 29.0 Å². The number of fused-ring (bicyclic) bond motifs is 7. The van der Waals surface area contributed by atoms with Crippen molar-refractivity contribution in [2.75, 3.05) is 26.2 Å². The Morgan fingerprint density at radius 2 is 1.97 bits per heavy atom. The lowest BCUT2D eigenvalue weighted by molar-refractivity contribution is -0.196. The van der Waals surface area contributed by atoms with E-state index in [1.165, 1.54) is 18.6 Å². The largest absolute Gasteiger partial charge is 0.504 e. The van der Waals surface area contributed by atoms with Crippen molar-refractivity contribution < 1.29 is 39.1 Å². The molecule has 338 valence electrons. The lowest BCUT2D eigenvalue weighted by atomic mass is 9.65. The van der Waals surface area contributed by atoms with Gasteiger partial charge in [0.25, 0.3) is 0 Å². The number of guanidine groups is 1. The number of nitrogens with two attached hydrogens (primary N) is 1. The van der Waals surface area contributed by atoms with E-state index in [0.29, 0.717) is 42.9 Å². The lowest BCUT2D eigenvalue weighted by Crippen LogP contribution is -2.64. The number of pyridine rings is 1. The second-order valence-electron chi connectivity index (χ2n) is 18.2. The number of phenols is 3. The molecule has 64 heavy (non-hydrogen) atoms. The second kappa shape index (κ2) is 19.0. The van der Waals surface area contributed by atoms with Gasteiger partial charge in [-0.1, -0.05) is 30.0 Å². The van der Waals surface area contributed by atoms with E-state index in [4.69, 9.17) is 29.7 Å². The van der Waals surface area contributed by atoms with Crippen molar-refractivity contribution in [3.63, 3.8) is 0 Å². The van der Waals surface area contributed by atoms with Gasteiger partial charge >= 0.3 is 5.97 Å². The molecule has 4 aliphatic heterocycles. The van der Waals surface area contributed by atoms with Crippen molar-refractivity contribution >= 4 is 11.9 Å². The number of carbonyl (C=O) groups excluding carboxylic acids is 1. The third-order valence-electron chi connectivity index (χ3n) is 14.0. The third kappa shape index (κ3) is 9.55. The predicted octanol–water partition coefficient (Wildman–Crippen LogP) is 5.82. The van der Waals surface area contributed by atoms with Gasteiger partial charge in [-0.15, -0.1) is 0 Å². The fourth-order valence-electron chi connectivity index (χ4n) is 10.8. The summed E-state index contributed by atoms with van der Waals surface area (Å²) in [6.45, 7) is 3.85. The molecule has 2 aromatic carbocycles. The van der Waals surface area contributed by atoms with Crippen LogP contribution in [0.5, 0.6) is 28.7 Å². The molecular formula is C50H60N6O8. The average Bonchev–Trinajstić information content (AvgIpc) is 3.30. The molecule has 0 radical (unpaired) electrons. The molecule has 6 aliphatic rings. The van der Waals surface area contributed by atoms with Crippen LogP contribution in [0.3, 0.4) is 0 Å². The maximum atomic E-state index is 12.7. The first-order chi connectivity index (χ1) is 31.1. The second-order valence-corrected chi connectivity index (χ2v) is 18.2. The molecule has 0 amide bonds. The summed E-state index contributed by atoms with van der Waals surface area (Å²) in [6.07, 6.45) is 14.3. The Bertz CT molecular complexity index is 2340. The minimum atomic E-state index is -0.588. The molecule has 3 fully saturated rings. The Morgan fingerprint density at radius 3 is 2.81 bits per heavy atom. The van der Waals surface area contributed by atoms with E-state index >= 15 is 0 Å². The van der Waals surface area contributed by atoms with Crippen LogP contribution < -0.4 is 31.2 Å². The van der Waals surface area contributed by atoms with Crippen LogP contribution in [0.1, 0.15) is 87.5 Å². The number of ether oxygens (including phenoxy) is 4. The van der Waals surface area contributed by atoms with Crippen LogP contribution in [0.4, 0.5) is 0 Å². The number of esters is 1. The van der Waals surface area contributed by atoms with Crippen LogP contribution in [0.2, 0.25) is 0 Å². The Morgan fingerprint density at radius 1 is 1.06 bits per heavy atom. The van der Waals surface area contributed by atoms with Gasteiger partial charge in [0.05, 0.1) is 36.1 Å². The number of phenolic OH excluding ortho intramolecular Hbond substituents is 3. The van der Waals surface area contributed by atoms with Gasteiger partial charge in [-0.2, -0.15) is 0 Å². The Kier molecular flexibility index (Phi) is 12.8. The number of hydrogen-bond acceptors (Lipinski definition) is 14. The number of nitrogens with one attached hydrogen (secondary N) is 3. The van der Waals surface area contributed by atoms with E-state index in [0.717, 1.165) is 81.5 Å². The summed E-state index contributed by atoms with van der Waals surface area (Å²) >= 11 is 0. The first-order valence-electron chi connectivity index (χ1n) is 23.0. The maximum absolute atomic E-state index is 12.7. The SMILES string of the molecule is CC(=O)OC1CC(c2cc(O)c(O)c(OCCc3cccnc3)c2)OC2C3Cc4ccc(O)c(c4)OC4CCCC5(CCN=C(NCCCC6=CCNC(N)=C6)N5)C4C#CC3CCC12. The monoisotopic (exact) mass is 872 g/mol. The predicted molar refractivity (Wildman–Crippen MR) is 240 cm³/mol. The van der Waals surface area contributed by atoms with Crippen molar-refractivity contribution in [1.82, 2.24) is 20.9 Å². The molecule has 14 heteroatoms. The van der Waals surface area contributed by atoms with Gasteiger partial charge in [0.1, 0.15) is 12.2 Å². The minimum absolute atomic E-state index is 0.0604. The first-order valence-corrected chi connectivity index (χ1v) is 23.0. The van der Waals surface area contributed by atoms with Gasteiger partial charge in [-0.25, -0.2) is 0 Å². The topological polar surface area (TPSA) is 202 Å². The number of benzene rings is 2. The summed E-state index contributed by atoms with van der Waals surface area (Å²) in [4.78, 5) is 21.7. The number of hydrogen-bond donors (Lipinski definition) is 7. The summed E-state index contributed by atoms with van der Waals surface area (Å²) in [5.41, 5.74) is 9.41. The van der Waals surface area contributed by atoms with Crippen LogP contribution in [-0.2, 0) is 27.1 Å². The van der Waals surface area contributed by atoms with Crippen molar-refractivity contribution in [1.29, 1.82) is 0 Å². The van der Waals surface area contributed by atoms with Gasteiger partial charge < -0.3 is 56.0 Å². The molecule has 1 saturated heterocycles. The quantitative estimate of drug-likeness (QED) is 0.0557. The molecule has 14 nitrogen and oxygen atoms in total. The standard InChI is InChI=1S/C50H60N6O8/c1-30(57)62-43-28-42(35-26-40(59)47(60)45(27-35)61-22-15-32-6-3-18-52-29-32)64-48-36(43)11-9-34-10-12-38-41(63-44-24-33(23-37(34)48)8-13-39(44)58)7-2-16-50(38)17-21-55-49(56-50)54-19-4-5-31-14-20-53-46(51)25-31/h3,6,8,13-14,18,24-27,29,34,36-38,41-43,48,53,58-60H,2,4-5,7,9,11,15-17,19-23,28,51H2,1H3,(H2,54,55,56). The van der Waals surface area contributed by atoms with Crippen molar-refractivity contribution in [2.45, 2.75) is 108 Å². The van der Waals surface area contributed by atoms with Crippen molar-refractivity contribution in [3.05, 3.63) is 95.1 Å². The molecule has 1 aromatic heterocycles. The molecule has 3 aromatic rings. The number of allylic oxidation sites excluding steroid dienone is 2. The van der Waals surface area contributed by atoms with Gasteiger partial charge in [-0.3, -0.25) is 14.8 Å². The smallest absolute Gasteiger partial charge is 0.302 e. The Labute approximate surface area is 374 Å². The number of aromatic hydroxyl groups is 3. The van der Waals surface area contributed by atoms with E-state index in [-0.39, 0.29) is 71.5 Å². The number of aromatic nitrogens is 1. The van der Waals surface area contributed by atoms with E-state index in [2.05, 4.69) is 38.9 Å². The zero-order valence-corrected chi connectivity index (χ0v) is 36.4. The molecular weight excluding hydrogens is 813 g/mol. The minimum Gasteiger partial charge on any atom is -0.504 e. The zero-order valence-electron chi connectivity index (χ0n) is 36.4. The number of carbonyl (C=O) groups is 1. The number of rotatable bonds is 10. The number of aliphatic imine (C=N–C) groups is 1. The highest BCUT2D eigenvalue weighted by Crippen LogP contribution is 2.50. The van der Waals surface area contributed by atoms with Crippen LogP contribution >= 0.6 is 0 Å². The molecule has 8 N–H and O–H groups in total. The number of dihydropyridines is 1. The summed E-state index contributed by atoms with van der Waals surface area (Å²) in [5, 5.41) is 43.6. The molecule has 9 atom stereocenters. The molecule has 2 aliphatic carbocycles. The Hall–Kier alpha value is -6.07. The zero-order chi connectivity index (χ0) is 44.2. The van der Waals surface area contributed by atoms with E-state index < -0.39 is 17.7 Å². The van der Waals surface area contributed by atoms with Crippen LogP contribution in [0.25, 0.3) is 0 Å². The lowest BCUT2D eigenvalue weighted by Gasteiger charge is -2.49. The van der Waals surface area contributed by atoms with E-state index in [1.807, 2.05) is 30.3 Å².